The number of nitrogens with two attached hydrogens (primary N) is 4. The number of nitrogens with one attached hydrogen (secondary N) is 5. The molecule has 0 radical (unpaired) electrons. The SMILES string of the molecule is N=C(N)NCCC[C@H](CN[C@@H](CC1CCCCC1)C(=O)N[C@@H](CCCCN)C(N)=O)NC(=O)[C@@H](N)CC1CCCCC1. The average Bonchev–Trinajstić information content (AvgIpc) is 2.97. The van der Waals surface area contributed by atoms with E-state index in [4.69, 9.17) is 28.3 Å². The van der Waals surface area contributed by atoms with Crippen molar-refractivity contribution in [3.63, 3.8) is 0 Å². The fourth-order valence-corrected chi connectivity index (χ4v) is 6.37. The summed E-state index contributed by atoms with van der Waals surface area (Å²) in [7, 11) is 0. The Labute approximate surface area is 252 Å². The molecule has 0 spiro atoms. The van der Waals surface area contributed by atoms with Gasteiger partial charge < -0.3 is 44.2 Å². The molecule has 42 heavy (non-hydrogen) atoms. The van der Waals surface area contributed by atoms with Gasteiger partial charge in [0, 0.05) is 19.1 Å². The van der Waals surface area contributed by atoms with Crippen molar-refractivity contribution in [3.8, 4) is 0 Å². The van der Waals surface area contributed by atoms with Crippen molar-refractivity contribution in [2.75, 3.05) is 19.6 Å². The molecule has 0 aromatic heterocycles. The molecule has 2 fully saturated rings. The van der Waals surface area contributed by atoms with E-state index in [1.54, 1.807) is 0 Å². The molecule has 3 amide bonds. The number of hydrogen-bond donors (Lipinski definition) is 9. The first-order valence-electron chi connectivity index (χ1n) is 16.4. The molecule has 0 heterocycles. The molecule has 2 rings (SSSR count). The van der Waals surface area contributed by atoms with Crippen molar-refractivity contribution in [2.45, 2.75) is 133 Å². The van der Waals surface area contributed by atoms with Crippen LogP contribution in [0.3, 0.4) is 0 Å². The van der Waals surface area contributed by atoms with E-state index in [0.29, 0.717) is 70.0 Å². The molecule has 2 aliphatic rings. The largest absolute Gasteiger partial charge is 0.370 e. The van der Waals surface area contributed by atoms with Gasteiger partial charge in [0.2, 0.25) is 17.7 Å². The van der Waals surface area contributed by atoms with Crippen LogP contribution < -0.4 is 44.2 Å². The van der Waals surface area contributed by atoms with Crippen molar-refractivity contribution >= 4 is 23.7 Å². The van der Waals surface area contributed by atoms with Gasteiger partial charge in [-0.05, 0) is 63.3 Å². The highest BCUT2D eigenvalue weighted by atomic mass is 16.2. The lowest BCUT2D eigenvalue weighted by atomic mass is 9.84. The van der Waals surface area contributed by atoms with Gasteiger partial charge in [-0.1, -0.05) is 64.2 Å². The van der Waals surface area contributed by atoms with E-state index in [0.717, 1.165) is 44.9 Å². The zero-order valence-electron chi connectivity index (χ0n) is 25.6. The molecule has 4 atom stereocenters. The van der Waals surface area contributed by atoms with Gasteiger partial charge in [0.05, 0.1) is 12.1 Å². The van der Waals surface area contributed by atoms with E-state index < -0.39 is 24.0 Å². The summed E-state index contributed by atoms with van der Waals surface area (Å²) in [6, 6.07) is -2.10. The molecule has 12 nitrogen and oxygen atoms in total. The summed E-state index contributed by atoms with van der Waals surface area (Å²) in [6.07, 6.45) is 16.1. The normalized spacial score (nSPS) is 19.3. The molecule has 13 N–H and O–H groups in total. The number of rotatable bonds is 20. The molecule has 0 aromatic rings. The van der Waals surface area contributed by atoms with Gasteiger partial charge in [0.1, 0.15) is 6.04 Å². The highest BCUT2D eigenvalue weighted by Gasteiger charge is 2.29. The van der Waals surface area contributed by atoms with E-state index in [1.807, 2.05) is 0 Å². The quantitative estimate of drug-likeness (QED) is 0.0562. The minimum atomic E-state index is -0.745. The second kappa shape index (κ2) is 20.5. The van der Waals surface area contributed by atoms with Crippen LogP contribution in [0.2, 0.25) is 0 Å². The first-order valence-corrected chi connectivity index (χ1v) is 16.4. The van der Waals surface area contributed by atoms with Gasteiger partial charge in [0.25, 0.3) is 0 Å². The minimum absolute atomic E-state index is 0.0945. The third-order valence-corrected chi connectivity index (χ3v) is 8.87. The molecule has 0 bridgehead atoms. The van der Waals surface area contributed by atoms with Crippen molar-refractivity contribution in [3.05, 3.63) is 0 Å². The Hall–Kier alpha value is -2.44. The highest BCUT2D eigenvalue weighted by molar-refractivity contribution is 5.89. The predicted molar refractivity (Wildman–Crippen MR) is 167 cm³/mol. The van der Waals surface area contributed by atoms with Gasteiger partial charge in [-0.25, -0.2) is 0 Å². The number of amides is 3. The van der Waals surface area contributed by atoms with Crippen LogP contribution in [0.1, 0.15) is 109 Å². The minimum Gasteiger partial charge on any atom is -0.370 e. The number of carbonyl (C=O) groups is 3. The summed E-state index contributed by atoms with van der Waals surface area (Å²) >= 11 is 0. The highest BCUT2D eigenvalue weighted by Crippen LogP contribution is 2.28. The van der Waals surface area contributed by atoms with Gasteiger partial charge in [0.15, 0.2) is 5.96 Å². The molecule has 242 valence electrons. The van der Waals surface area contributed by atoms with Gasteiger partial charge in [-0.15, -0.1) is 0 Å². The fraction of sp³-hybridized carbons (Fsp3) is 0.867. The maximum atomic E-state index is 13.5. The maximum Gasteiger partial charge on any atom is 0.240 e. The lowest BCUT2D eigenvalue weighted by Gasteiger charge is -2.30. The number of hydrogen-bond acceptors (Lipinski definition) is 7. The smallest absolute Gasteiger partial charge is 0.240 e. The average molecular weight is 594 g/mol. The molecule has 0 aromatic carbocycles. The van der Waals surface area contributed by atoms with Crippen molar-refractivity contribution in [1.29, 1.82) is 5.41 Å². The van der Waals surface area contributed by atoms with Crippen molar-refractivity contribution in [2.24, 2.45) is 34.8 Å². The standard InChI is InChI=1S/C30H59N9O3/c31-16-8-7-15-25(27(33)40)39-29(42)26(19-22-12-5-2-6-13-22)37-20-23(14-9-17-36-30(34)35)38-28(41)24(32)18-21-10-3-1-4-11-21/h21-26,37H,1-20,31-32H2,(H2,33,40)(H,38,41)(H,39,42)(H4,34,35,36)/t23-,24+,25+,26+/m1/s1. The monoisotopic (exact) mass is 593 g/mol. The van der Waals surface area contributed by atoms with Crippen molar-refractivity contribution < 1.29 is 14.4 Å². The van der Waals surface area contributed by atoms with Crippen LogP contribution >= 0.6 is 0 Å². The third kappa shape index (κ3) is 14.6. The van der Waals surface area contributed by atoms with Gasteiger partial charge in [-0.2, -0.15) is 0 Å². The Morgan fingerprint density at radius 2 is 1.38 bits per heavy atom. The van der Waals surface area contributed by atoms with Crippen LogP contribution in [-0.4, -0.2) is 67.5 Å². The second-order valence-corrected chi connectivity index (χ2v) is 12.5. The molecule has 0 unspecified atom stereocenters. The molecular weight excluding hydrogens is 534 g/mol. The van der Waals surface area contributed by atoms with Gasteiger partial charge in [-0.3, -0.25) is 19.8 Å². The Morgan fingerprint density at radius 3 is 1.95 bits per heavy atom. The second-order valence-electron chi connectivity index (χ2n) is 12.5. The summed E-state index contributed by atoms with van der Waals surface area (Å²) in [6.45, 7) is 1.40. The Kier molecular flexibility index (Phi) is 17.4. The van der Waals surface area contributed by atoms with Crippen LogP contribution in [0.25, 0.3) is 0 Å². The van der Waals surface area contributed by atoms with E-state index in [9.17, 15) is 14.4 Å². The maximum absolute atomic E-state index is 13.5. The first kappa shape index (κ1) is 35.8. The molecule has 2 aliphatic carbocycles. The van der Waals surface area contributed by atoms with Crippen LogP contribution in [-0.2, 0) is 14.4 Å². The van der Waals surface area contributed by atoms with Crippen molar-refractivity contribution in [1.82, 2.24) is 21.3 Å². The number of primary amides is 1. The molecule has 0 aliphatic heterocycles. The first-order chi connectivity index (χ1) is 20.2. The number of carbonyl (C=O) groups excluding carboxylic acids is 3. The van der Waals surface area contributed by atoms with Crippen LogP contribution in [0.5, 0.6) is 0 Å². The molecule has 0 saturated heterocycles. The lowest BCUT2D eigenvalue weighted by molar-refractivity contribution is -0.129. The van der Waals surface area contributed by atoms with Crippen LogP contribution in [0, 0.1) is 17.2 Å². The van der Waals surface area contributed by atoms with E-state index in [2.05, 4.69) is 21.3 Å². The number of guanidine groups is 1. The summed E-state index contributed by atoms with van der Waals surface area (Å²) < 4.78 is 0. The zero-order chi connectivity index (χ0) is 30.7. The Bertz CT molecular complexity index is 816. The van der Waals surface area contributed by atoms with E-state index >= 15 is 0 Å². The van der Waals surface area contributed by atoms with Gasteiger partial charge >= 0.3 is 0 Å². The lowest BCUT2D eigenvalue weighted by Crippen LogP contribution is -2.55. The summed E-state index contributed by atoms with van der Waals surface area (Å²) in [5.41, 5.74) is 23.0. The zero-order valence-corrected chi connectivity index (χ0v) is 25.6. The Balaban J connectivity index is 2.06. The molecule has 2 saturated carbocycles. The van der Waals surface area contributed by atoms with E-state index in [1.165, 1.54) is 25.7 Å². The summed E-state index contributed by atoms with van der Waals surface area (Å²) in [5, 5.41) is 19.7. The third-order valence-electron chi connectivity index (χ3n) is 8.87. The summed E-state index contributed by atoms with van der Waals surface area (Å²) in [5.74, 6) is -0.150. The number of unbranched alkanes of at least 4 members (excludes halogenated alkanes) is 1. The van der Waals surface area contributed by atoms with E-state index in [-0.39, 0.29) is 23.8 Å². The fourth-order valence-electron chi connectivity index (χ4n) is 6.37. The Morgan fingerprint density at radius 1 is 0.762 bits per heavy atom. The van der Waals surface area contributed by atoms with Crippen LogP contribution in [0.4, 0.5) is 0 Å². The predicted octanol–water partition coefficient (Wildman–Crippen LogP) is 1.06. The topological polar surface area (TPSA) is 227 Å². The molecule has 12 heteroatoms. The molecular formula is C30H59N9O3. The summed E-state index contributed by atoms with van der Waals surface area (Å²) in [4.78, 5) is 38.7. The van der Waals surface area contributed by atoms with Crippen LogP contribution in [0.15, 0.2) is 0 Å².